The van der Waals surface area contributed by atoms with Crippen molar-refractivity contribution in [1.82, 2.24) is 4.90 Å². The summed E-state index contributed by atoms with van der Waals surface area (Å²) in [6, 6.07) is 6.94. The van der Waals surface area contributed by atoms with Crippen molar-refractivity contribution in [3.05, 3.63) is 33.9 Å². The second kappa shape index (κ2) is 6.35. The van der Waals surface area contributed by atoms with Gasteiger partial charge in [-0.05, 0) is 32.0 Å². The van der Waals surface area contributed by atoms with E-state index in [-0.39, 0.29) is 11.6 Å². The van der Waals surface area contributed by atoms with Crippen molar-refractivity contribution >= 4 is 5.69 Å². The molecule has 0 aromatic heterocycles. The fraction of sp³-hybridized carbons (Fsp3) is 0.500. The number of benzene rings is 1. The number of non-ortho nitro benzene ring substituents is 1. The SMILES string of the molecule is COc1ccc([N+](=O)[O-])cc1CN1CCC(C#N)CC1. The lowest BCUT2D eigenvalue weighted by molar-refractivity contribution is -0.385. The van der Waals surface area contributed by atoms with Gasteiger partial charge in [0, 0.05) is 30.2 Å². The zero-order chi connectivity index (χ0) is 14.5. The lowest BCUT2D eigenvalue weighted by Crippen LogP contribution is -2.32. The van der Waals surface area contributed by atoms with E-state index in [0.717, 1.165) is 31.5 Å². The Bertz CT molecular complexity index is 531. The molecule has 20 heavy (non-hydrogen) atoms. The fourth-order valence-electron chi connectivity index (χ4n) is 2.46. The van der Waals surface area contributed by atoms with Gasteiger partial charge in [0.2, 0.25) is 0 Å². The van der Waals surface area contributed by atoms with E-state index in [9.17, 15) is 10.1 Å². The smallest absolute Gasteiger partial charge is 0.270 e. The summed E-state index contributed by atoms with van der Waals surface area (Å²) in [4.78, 5) is 12.6. The van der Waals surface area contributed by atoms with Crippen molar-refractivity contribution in [2.75, 3.05) is 20.2 Å². The number of methoxy groups -OCH3 is 1. The van der Waals surface area contributed by atoms with Crippen LogP contribution in [-0.2, 0) is 6.54 Å². The molecule has 0 N–H and O–H groups in total. The Morgan fingerprint density at radius 3 is 2.75 bits per heavy atom. The number of hydrogen-bond donors (Lipinski definition) is 0. The number of nitro benzene ring substituents is 1. The molecule has 106 valence electrons. The number of rotatable bonds is 4. The third-order valence-corrected chi connectivity index (χ3v) is 3.64. The van der Waals surface area contributed by atoms with Crippen LogP contribution in [0.15, 0.2) is 18.2 Å². The quantitative estimate of drug-likeness (QED) is 0.622. The van der Waals surface area contributed by atoms with E-state index in [1.54, 1.807) is 19.2 Å². The molecule has 0 bridgehead atoms. The van der Waals surface area contributed by atoms with Gasteiger partial charge < -0.3 is 4.74 Å². The molecule has 1 aliphatic rings. The monoisotopic (exact) mass is 275 g/mol. The van der Waals surface area contributed by atoms with Gasteiger partial charge in [0.15, 0.2) is 0 Å². The molecule has 0 spiro atoms. The molecule has 6 heteroatoms. The summed E-state index contributed by atoms with van der Waals surface area (Å²) < 4.78 is 5.26. The maximum atomic E-state index is 10.8. The van der Waals surface area contributed by atoms with Crippen LogP contribution in [0.5, 0.6) is 5.75 Å². The maximum absolute atomic E-state index is 10.8. The molecule has 0 unspecified atom stereocenters. The summed E-state index contributed by atoms with van der Waals surface area (Å²) >= 11 is 0. The highest BCUT2D eigenvalue weighted by atomic mass is 16.6. The van der Waals surface area contributed by atoms with Crippen molar-refractivity contribution in [3.8, 4) is 11.8 Å². The van der Waals surface area contributed by atoms with E-state index >= 15 is 0 Å². The van der Waals surface area contributed by atoms with Crippen LogP contribution in [0.2, 0.25) is 0 Å². The molecule has 0 saturated carbocycles. The second-order valence-electron chi connectivity index (χ2n) is 4.93. The minimum absolute atomic E-state index is 0.0766. The Morgan fingerprint density at radius 2 is 2.20 bits per heavy atom. The summed E-state index contributed by atoms with van der Waals surface area (Å²) in [6.45, 7) is 2.29. The lowest BCUT2D eigenvalue weighted by Gasteiger charge is -2.29. The van der Waals surface area contributed by atoms with Crippen LogP contribution < -0.4 is 4.74 Å². The molecule has 0 aliphatic carbocycles. The van der Waals surface area contributed by atoms with E-state index in [0.29, 0.717) is 12.3 Å². The van der Waals surface area contributed by atoms with Crippen molar-refractivity contribution < 1.29 is 9.66 Å². The minimum Gasteiger partial charge on any atom is -0.496 e. The molecule has 2 rings (SSSR count). The number of hydrogen-bond acceptors (Lipinski definition) is 5. The van der Waals surface area contributed by atoms with Crippen LogP contribution in [-0.4, -0.2) is 30.0 Å². The second-order valence-corrected chi connectivity index (χ2v) is 4.93. The fourth-order valence-corrected chi connectivity index (χ4v) is 2.46. The standard InChI is InChI=1S/C14H17N3O3/c1-20-14-3-2-13(17(18)19)8-12(14)10-16-6-4-11(9-15)5-7-16/h2-3,8,11H,4-7,10H2,1H3. The summed E-state index contributed by atoms with van der Waals surface area (Å²) in [5.74, 6) is 0.802. The number of ether oxygens (including phenoxy) is 1. The average molecular weight is 275 g/mol. The van der Waals surface area contributed by atoms with Gasteiger partial charge in [-0.2, -0.15) is 5.26 Å². The molecule has 1 heterocycles. The number of nitro groups is 1. The van der Waals surface area contributed by atoms with Gasteiger partial charge in [0.25, 0.3) is 5.69 Å². The first-order valence-electron chi connectivity index (χ1n) is 6.57. The van der Waals surface area contributed by atoms with Crippen molar-refractivity contribution in [2.45, 2.75) is 19.4 Å². The predicted molar refractivity (Wildman–Crippen MR) is 73.3 cm³/mol. The van der Waals surface area contributed by atoms with Gasteiger partial charge in [0.1, 0.15) is 5.75 Å². The minimum atomic E-state index is -0.398. The van der Waals surface area contributed by atoms with Crippen molar-refractivity contribution in [3.63, 3.8) is 0 Å². The van der Waals surface area contributed by atoms with Crippen molar-refractivity contribution in [2.24, 2.45) is 5.92 Å². The third-order valence-electron chi connectivity index (χ3n) is 3.64. The molecular weight excluding hydrogens is 258 g/mol. The van der Waals surface area contributed by atoms with Gasteiger partial charge in [0.05, 0.1) is 18.1 Å². The van der Waals surface area contributed by atoms with E-state index in [1.807, 2.05) is 0 Å². The summed E-state index contributed by atoms with van der Waals surface area (Å²) in [6.07, 6.45) is 1.71. The van der Waals surface area contributed by atoms with Gasteiger partial charge in [-0.15, -0.1) is 0 Å². The van der Waals surface area contributed by atoms with Crippen LogP contribution in [0.1, 0.15) is 18.4 Å². The first-order chi connectivity index (χ1) is 9.63. The molecule has 0 radical (unpaired) electrons. The highest BCUT2D eigenvalue weighted by Gasteiger charge is 2.20. The summed E-state index contributed by atoms with van der Waals surface area (Å²) in [5, 5.41) is 19.7. The molecule has 1 aliphatic heterocycles. The van der Waals surface area contributed by atoms with Crippen LogP contribution in [0.25, 0.3) is 0 Å². The largest absolute Gasteiger partial charge is 0.496 e. The van der Waals surface area contributed by atoms with E-state index in [4.69, 9.17) is 10.00 Å². The van der Waals surface area contributed by atoms with E-state index in [2.05, 4.69) is 11.0 Å². The molecule has 1 fully saturated rings. The zero-order valence-electron chi connectivity index (χ0n) is 11.4. The van der Waals surface area contributed by atoms with Crippen LogP contribution in [0, 0.1) is 27.4 Å². The van der Waals surface area contributed by atoms with Gasteiger partial charge >= 0.3 is 0 Å². The first-order valence-corrected chi connectivity index (χ1v) is 6.57. The van der Waals surface area contributed by atoms with Gasteiger partial charge in [-0.25, -0.2) is 0 Å². The summed E-state index contributed by atoms with van der Waals surface area (Å²) in [7, 11) is 1.56. The number of nitrogens with zero attached hydrogens (tertiary/aromatic N) is 3. The molecule has 0 amide bonds. The number of likely N-dealkylation sites (tertiary alicyclic amines) is 1. The molecule has 6 nitrogen and oxygen atoms in total. The third kappa shape index (κ3) is 3.25. The Balaban J connectivity index is 2.10. The highest BCUT2D eigenvalue weighted by Crippen LogP contribution is 2.27. The molecule has 1 aromatic carbocycles. The Kier molecular flexibility index (Phi) is 4.53. The van der Waals surface area contributed by atoms with Crippen molar-refractivity contribution in [1.29, 1.82) is 5.26 Å². The molecular formula is C14H17N3O3. The molecule has 1 saturated heterocycles. The van der Waals surface area contributed by atoms with Crippen LogP contribution >= 0.6 is 0 Å². The Morgan fingerprint density at radius 1 is 1.50 bits per heavy atom. The normalized spacial score (nSPS) is 16.6. The average Bonchev–Trinajstić information content (AvgIpc) is 2.48. The summed E-state index contributed by atoms with van der Waals surface area (Å²) in [5.41, 5.74) is 0.893. The maximum Gasteiger partial charge on any atom is 0.270 e. The van der Waals surface area contributed by atoms with Gasteiger partial charge in [-0.1, -0.05) is 0 Å². The highest BCUT2D eigenvalue weighted by molar-refractivity contribution is 5.43. The topological polar surface area (TPSA) is 79.4 Å². The Hall–Kier alpha value is -2.13. The zero-order valence-corrected chi connectivity index (χ0v) is 11.4. The van der Waals surface area contributed by atoms with E-state index < -0.39 is 4.92 Å². The predicted octanol–water partition coefficient (Wildman–Crippen LogP) is 2.34. The molecule has 0 atom stereocenters. The number of nitriles is 1. The van der Waals surface area contributed by atoms with Gasteiger partial charge in [-0.3, -0.25) is 15.0 Å². The lowest BCUT2D eigenvalue weighted by atomic mass is 9.98. The van der Waals surface area contributed by atoms with Crippen LogP contribution in [0.4, 0.5) is 5.69 Å². The Labute approximate surface area is 117 Å². The van der Waals surface area contributed by atoms with E-state index in [1.165, 1.54) is 6.07 Å². The number of piperidine rings is 1. The molecule has 1 aromatic rings. The first kappa shape index (κ1) is 14.3. The van der Waals surface area contributed by atoms with Crippen LogP contribution in [0.3, 0.4) is 0 Å².